The second kappa shape index (κ2) is 11.2. The van der Waals surface area contributed by atoms with E-state index in [1.807, 2.05) is 0 Å². The largest absolute Gasteiger partial charge is 0.380 e. The first-order valence-corrected chi connectivity index (χ1v) is 7.69. The molecule has 130 valence electrons. The average Bonchev–Trinajstić information content (AvgIpc) is 2.84. The molecule has 0 radical (unpaired) electrons. The van der Waals surface area contributed by atoms with Gasteiger partial charge in [0, 0.05) is 37.4 Å². The zero-order valence-corrected chi connectivity index (χ0v) is 16.0. The molecule has 0 spiro atoms. The SMILES string of the molecule is COC(CN)CC(=O)NCCc1nc(C(C)(C)C)cs1.Cl.Cl. The van der Waals surface area contributed by atoms with Gasteiger partial charge < -0.3 is 15.8 Å². The Labute approximate surface area is 149 Å². The molecule has 0 saturated heterocycles. The van der Waals surface area contributed by atoms with Crippen molar-refractivity contribution in [2.75, 3.05) is 20.2 Å². The lowest BCUT2D eigenvalue weighted by Gasteiger charge is -2.14. The van der Waals surface area contributed by atoms with Gasteiger partial charge in [-0.1, -0.05) is 20.8 Å². The molecule has 1 unspecified atom stereocenters. The summed E-state index contributed by atoms with van der Waals surface area (Å²) in [6.07, 6.45) is 0.854. The Morgan fingerprint density at radius 2 is 2.09 bits per heavy atom. The Morgan fingerprint density at radius 3 is 2.55 bits per heavy atom. The number of ether oxygens (including phenoxy) is 1. The molecule has 0 bridgehead atoms. The van der Waals surface area contributed by atoms with Gasteiger partial charge in [-0.15, -0.1) is 36.2 Å². The zero-order chi connectivity index (χ0) is 15.2. The number of nitrogens with one attached hydrogen (secondary N) is 1. The highest BCUT2D eigenvalue weighted by Crippen LogP contribution is 2.23. The molecule has 0 aromatic carbocycles. The van der Waals surface area contributed by atoms with E-state index in [2.05, 4.69) is 36.5 Å². The minimum Gasteiger partial charge on any atom is -0.380 e. The van der Waals surface area contributed by atoms with E-state index in [-0.39, 0.29) is 42.2 Å². The molecule has 5 nitrogen and oxygen atoms in total. The highest BCUT2D eigenvalue weighted by Gasteiger charge is 2.17. The molecule has 0 fully saturated rings. The summed E-state index contributed by atoms with van der Waals surface area (Å²) >= 11 is 1.64. The minimum absolute atomic E-state index is 0. The van der Waals surface area contributed by atoms with Crippen LogP contribution in [0.2, 0.25) is 0 Å². The Hall–Kier alpha value is -0.400. The summed E-state index contributed by atoms with van der Waals surface area (Å²) in [5, 5.41) is 6.01. The Morgan fingerprint density at radius 1 is 1.45 bits per heavy atom. The van der Waals surface area contributed by atoms with Crippen molar-refractivity contribution in [3.05, 3.63) is 16.1 Å². The monoisotopic (exact) mass is 371 g/mol. The highest BCUT2D eigenvalue weighted by molar-refractivity contribution is 7.09. The highest BCUT2D eigenvalue weighted by atomic mass is 35.5. The van der Waals surface area contributed by atoms with Crippen LogP contribution >= 0.6 is 36.2 Å². The second-order valence-electron chi connectivity index (χ2n) is 5.77. The molecule has 3 N–H and O–H groups in total. The van der Waals surface area contributed by atoms with Gasteiger partial charge in [-0.2, -0.15) is 0 Å². The molecule has 1 heterocycles. The number of thiazole rings is 1. The van der Waals surface area contributed by atoms with Crippen molar-refractivity contribution in [1.82, 2.24) is 10.3 Å². The lowest BCUT2D eigenvalue weighted by molar-refractivity contribution is -0.123. The summed E-state index contributed by atoms with van der Waals surface area (Å²) in [6, 6.07) is 0. The van der Waals surface area contributed by atoms with E-state index in [9.17, 15) is 4.79 Å². The molecular weight excluding hydrogens is 345 g/mol. The summed E-state index contributed by atoms with van der Waals surface area (Å²) in [7, 11) is 1.56. The number of nitrogens with zero attached hydrogens (tertiary/aromatic N) is 1. The van der Waals surface area contributed by atoms with Crippen LogP contribution in [0.25, 0.3) is 0 Å². The van der Waals surface area contributed by atoms with Crippen molar-refractivity contribution < 1.29 is 9.53 Å². The topological polar surface area (TPSA) is 77.2 Å². The average molecular weight is 372 g/mol. The van der Waals surface area contributed by atoms with Crippen LogP contribution in [0.3, 0.4) is 0 Å². The Bertz CT molecular complexity index is 432. The standard InChI is InChI=1S/C14H25N3O2S.2ClH/c1-14(2,3)11-9-20-13(17-11)5-6-16-12(18)7-10(8-15)19-4;;/h9-10H,5-8,15H2,1-4H3,(H,16,18);2*1H. The summed E-state index contributed by atoms with van der Waals surface area (Å²) in [6.45, 7) is 7.38. The molecule has 1 aromatic heterocycles. The number of carbonyl (C=O) groups is 1. The fourth-order valence-corrected chi connectivity index (χ4v) is 2.65. The van der Waals surface area contributed by atoms with Crippen LogP contribution in [0, 0.1) is 0 Å². The van der Waals surface area contributed by atoms with Gasteiger partial charge in [-0.3, -0.25) is 4.79 Å². The van der Waals surface area contributed by atoms with Crippen molar-refractivity contribution in [2.45, 2.75) is 45.1 Å². The summed E-state index contributed by atoms with van der Waals surface area (Å²) < 4.78 is 5.08. The Kier molecular flexibility index (Phi) is 12.1. The normalized spacial score (nSPS) is 12.0. The van der Waals surface area contributed by atoms with Crippen LogP contribution in [0.5, 0.6) is 0 Å². The minimum atomic E-state index is -0.206. The molecule has 1 rings (SSSR count). The maximum atomic E-state index is 11.7. The number of hydrogen-bond donors (Lipinski definition) is 2. The van der Waals surface area contributed by atoms with E-state index in [1.165, 1.54) is 0 Å². The molecular formula is C14H27Cl2N3O2S. The molecule has 1 atom stereocenters. The summed E-state index contributed by atoms with van der Waals surface area (Å²) in [5.74, 6) is -0.0325. The van der Waals surface area contributed by atoms with Crippen LogP contribution < -0.4 is 11.1 Å². The number of halogens is 2. The molecule has 8 heteroatoms. The van der Waals surface area contributed by atoms with Crippen LogP contribution in [-0.4, -0.2) is 37.2 Å². The van der Waals surface area contributed by atoms with Crippen molar-refractivity contribution in [3.8, 4) is 0 Å². The molecule has 22 heavy (non-hydrogen) atoms. The molecule has 0 aliphatic rings. The van der Waals surface area contributed by atoms with Gasteiger partial charge in [0.15, 0.2) is 0 Å². The van der Waals surface area contributed by atoms with E-state index in [0.29, 0.717) is 19.5 Å². The van der Waals surface area contributed by atoms with E-state index < -0.39 is 0 Å². The van der Waals surface area contributed by atoms with Crippen molar-refractivity contribution in [3.63, 3.8) is 0 Å². The van der Waals surface area contributed by atoms with Gasteiger partial charge in [0.05, 0.1) is 23.2 Å². The lowest BCUT2D eigenvalue weighted by atomic mass is 9.93. The first-order valence-electron chi connectivity index (χ1n) is 6.81. The maximum Gasteiger partial charge on any atom is 0.222 e. The first kappa shape index (κ1) is 23.9. The number of aromatic nitrogens is 1. The fraction of sp³-hybridized carbons (Fsp3) is 0.714. The fourth-order valence-electron chi connectivity index (χ4n) is 1.62. The van der Waals surface area contributed by atoms with Gasteiger partial charge in [0.25, 0.3) is 0 Å². The van der Waals surface area contributed by atoms with Crippen LogP contribution in [0.15, 0.2) is 5.38 Å². The first-order chi connectivity index (χ1) is 9.36. The number of rotatable bonds is 7. The van der Waals surface area contributed by atoms with Gasteiger partial charge in [-0.05, 0) is 0 Å². The van der Waals surface area contributed by atoms with Crippen molar-refractivity contribution in [1.29, 1.82) is 0 Å². The molecule has 0 aliphatic heterocycles. The van der Waals surface area contributed by atoms with E-state index >= 15 is 0 Å². The number of methoxy groups -OCH3 is 1. The summed E-state index contributed by atoms with van der Waals surface area (Å²) in [5.41, 5.74) is 6.66. The van der Waals surface area contributed by atoms with Gasteiger partial charge in [0.2, 0.25) is 5.91 Å². The lowest BCUT2D eigenvalue weighted by Crippen LogP contribution is -2.33. The molecule has 0 aliphatic carbocycles. The van der Waals surface area contributed by atoms with E-state index in [1.54, 1.807) is 18.4 Å². The molecule has 1 amide bonds. The zero-order valence-electron chi connectivity index (χ0n) is 13.5. The van der Waals surface area contributed by atoms with E-state index in [0.717, 1.165) is 17.1 Å². The number of hydrogen-bond acceptors (Lipinski definition) is 5. The smallest absolute Gasteiger partial charge is 0.222 e. The van der Waals surface area contributed by atoms with Crippen LogP contribution in [0.4, 0.5) is 0 Å². The quantitative estimate of drug-likeness (QED) is 0.770. The Balaban J connectivity index is 0. The maximum absolute atomic E-state index is 11.7. The van der Waals surface area contributed by atoms with E-state index in [4.69, 9.17) is 10.5 Å². The van der Waals surface area contributed by atoms with Crippen molar-refractivity contribution in [2.24, 2.45) is 5.73 Å². The third-order valence-electron chi connectivity index (χ3n) is 2.99. The number of amides is 1. The molecule has 0 saturated carbocycles. The predicted molar refractivity (Wildman–Crippen MR) is 96.5 cm³/mol. The van der Waals surface area contributed by atoms with Gasteiger partial charge in [0.1, 0.15) is 0 Å². The van der Waals surface area contributed by atoms with Gasteiger partial charge >= 0.3 is 0 Å². The predicted octanol–water partition coefficient (Wildman–Crippen LogP) is 2.31. The number of nitrogens with two attached hydrogens (primary N) is 1. The van der Waals surface area contributed by atoms with Crippen LogP contribution in [-0.2, 0) is 21.4 Å². The second-order valence-corrected chi connectivity index (χ2v) is 6.72. The molecule has 1 aromatic rings. The van der Waals surface area contributed by atoms with Crippen molar-refractivity contribution >= 4 is 42.1 Å². The van der Waals surface area contributed by atoms with Crippen LogP contribution in [0.1, 0.15) is 37.9 Å². The number of carbonyl (C=O) groups excluding carboxylic acids is 1. The third-order valence-corrected chi connectivity index (χ3v) is 3.90. The summed E-state index contributed by atoms with van der Waals surface area (Å²) in [4.78, 5) is 16.3. The van der Waals surface area contributed by atoms with Gasteiger partial charge in [-0.25, -0.2) is 4.98 Å². The third kappa shape index (κ3) is 8.29.